The molecule has 104 valence electrons. The Kier molecular flexibility index (Phi) is 4.36. The van der Waals surface area contributed by atoms with Crippen molar-refractivity contribution >= 4 is 11.7 Å². The molecule has 0 aromatic heterocycles. The van der Waals surface area contributed by atoms with Crippen LogP contribution in [0.5, 0.6) is 0 Å². The predicted molar refractivity (Wildman–Crippen MR) is 69.9 cm³/mol. The number of carboxylic acid groups (broad SMARTS) is 1. The van der Waals surface area contributed by atoms with Crippen molar-refractivity contribution in [1.82, 2.24) is 4.90 Å². The van der Waals surface area contributed by atoms with E-state index in [0.29, 0.717) is 31.9 Å². The molecule has 1 aliphatic heterocycles. The summed E-state index contributed by atoms with van der Waals surface area (Å²) in [6.45, 7) is 2.15. The van der Waals surface area contributed by atoms with Crippen molar-refractivity contribution in [3.63, 3.8) is 0 Å². The molecule has 6 nitrogen and oxygen atoms in total. The summed E-state index contributed by atoms with van der Waals surface area (Å²) < 4.78 is 5.30. The van der Waals surface area contributed by atoms with Gasteiger partial charge in [0.1, 0.15) is 0 Å². The molecule has 1 aliphatic rings. The van der Waals surface area contributed by atoms with Crippen LogP contribution in [0.2, 0.25) is 0 Å². The molecule has 1 fully saturated rings. The molecular weight excluding hydrogens is 248 g/mol. The molecule has 0 saturated carbocycles. The molecule has 1 unspecified atom stereocenters. The molecule has 0 radical (unpaired) electrons. The Morgan fingerprint density at radius 2 is 2.32 bits per heavy atom. The molecule has 1 atom stereocenters. The first-order valence-corrected chi connectivity index (χ1v) is 6.16. The SMILES string of the molecule is Nc1cccc(CN2CCOCC2CO)c1C(=O)O. The average molecular weight is 266 g/mol. The summed E-state index contributed by atoms with van der Waals surface area (Å²) in [6.07, 6.45) is 0. The zero-order valence-electron chi connectivity index (χ0n) is 10.6. The lowest BCUT2D eigenvalue weighted by molar-refractivity contribution is -0.0313. The number of morpholine rings is 1. The number of rotatable bonds is 4. The summed E-state index contributed by atoms with van der Waals surface area (Å²) in [6, 6.07) is 4.97. The molecule has 19 heavy (non-hydrogen) atoms. The van der Waals surface area contributed by atoms with Gasteiger partial charge in [0.2, 0.25) is 0 Å². The second-order valence-electron chi connectivity index (χ2n) is 4.57. The summed E-state index contributed by atoms with van der Waals surface area (Å²) in [5.74, 6) is -1.03. The van der Waals surface area contributed by atoms with E-state index in [9.17, 15) is 15.0 Å². The van der Waals surface area contributed by atoms with Crippen molar-refractivity contribution in [2.75, 3.05) is 32.1 Å². The lowest BCUT2D eigenvalue weighted by Crippen LogP contribution is -2.47. The minimum atomic E-state index is -1.03. The first-order valence-electron chi connectivity index (χ1n) is 6.16. The number of anilines is 1. The monoisotopic (exact) mass is 266 g/mol. The van der Waals surface area contributed by atoms with Crippen molar-refractivity contribution in [3.8, 4) is 0 Å². The Morgan fingerprint density at radius 3 is 3.00 bits per heavy atom. The number of nitrogens with two attached hydrogens (primary N) is 1. The van der Waals surface area contributed by atoms with E-state index in [1.165, 1.54) is 0 Å². The number of carbonyl (C=O) groups is 1. The molecule has 1 aromatic rings. The Labute approximate surface area is 111 Å². The van der Waals surface area contributed by atoms with Crippen LogP contribution in [0.25, 0.3) is 0 Å². The van der Waals surface area contributed by atoms with Gasteiger partial charge in [0.25, 0.3) is 0 Å². The van der Waals surface area contributed by atoms with Gasteiger partial charge in [-0.05, 0) is 11.6 Å². The van der Waals surface area contributed by atoms with Crippen LogP contribution in [-0.2, 0) is 11.3 Å². The molecule has 1 aromatic carbocycles. The maximum atomic E-state index is 11.3. The van der Waals surface area contributed by atoms with E-state index in [1.54, 1.807) is 18.2 Å². The van der Waals surface area contributed by atoms with Gasteiger partial charge in [-0.25, -0.2) is 4.79 Å². The van der Waals surface area contributed by atoms with Crippen LogP contribution in [0.15, 0.2) is 18.2 Å². The van der Waals surface area contributed by atoms with Gasteiger partial charge in [0.05, 0.1) is 31.4 Å². The molecule has 1 saturated heterocycles. The number of carboxylic acids is 1. The molecule has 6 heteroatoms. The summed E-state index contributed by atoms with van der Waals surface area (Å²) in [7, 11) is 0. The van der Waals surface area contributed by atoms with Gasteiger partial charge in [0, 0.05) is 18.8 Å². The molecule has 0 bridgehead atoms. The fraction of sp³-hybridized carbons (Fsp3) is 0.462. The molecular formula is C13H18N2O4. The van der Waals surface area contributed by atoms with Crippen LogP contribution in [0, 0.1) is 0 Å². The number of ether oxygens (including phenoxy) is 1. The lowest BCUT2D eigenvalue weighted by Gasteiger charge is -2.34. The van der Waals surface area contributed by atoms with Crippen molar-refractivity contribution in [1.29, 1.82) is 0 Å². The zero-order valence-corrected chi connectivity index (χ0v) is 10.6. The molecule has 0 spiro atoms. The molecule has 0 amide bonds. The molecule has 4 N–H and O–H groups in total. The minimum Gasteiger partial charge on any atom is -0.478 e. The van der Waals surface area contributed by atoms with E-state index >= 15 is 0 Å². The van der Waals surface area contributed by atoms with E-state index in [-0.39, 0.29) is 23.9 Å². The van der Waals surface area contributed by atoms with Crippen molar-refractivity contribution in [3.05, 3.63) is 29.3 Å². The lowest BCUT2D eigenvalue weighted by atomic mass is 10.0. The van der Waals surface area contributed by atoms with E-state index in [1.807, 2.05) is 4.90 Å². The maximum Gasteiger partial charge on any atom is 0.338 e. The summed E-state index contributed by atoms with van der Waals surface area (Å²) in [4.78, 5) is 13.3. The average Bonchev–Trinajstić information content (AvgIpc) is 2.39. The highest BCUT2D eigenvalue weighted by Gasteiger charge is 2.24. The molecule has 0 aliphatic carbocycles. The number of benzene rings is 1. The fourth-order valence-electron chi connectivity index (χ4n) is 2.30. The van der Waals surface area contributed by atoms with Crippen LogP contribution >= 0.6 is 0 Å². The number of nitrogen functional groups attached to an aromatic ring is 1. The van der Waals surface area contributed by atoms with Gasteiger partial charge < -0.3 is 20.7 Å². The third-order valence-electron chi connectivity index (χ3n) is 3.33. The summed E-state index contributed by atoms with van der Waals surface area (Å²) in [5, 5.41) is 18.5. The number of nitrogens with zero attached hydrogens (tertiary/aromatic N) is 1. The summed E-state index contributed by atoms with van der Waals surface area (Å²) >= 11 is 0. The number of hydrogen-bond donors (Lipinski definition) is 3. The Hall–Kier alpha value is -1.63. The maximum absolute atomic E-state index is 11.3. The fourth-order valence-corrected chi connectivity index (χ4v) is 2.30. The zero-order chi connectivity index (χ0) is 13.8. The van der Waals surface area contributed by atoms with E-state index in [2.05, 4.69) is 0 Å². The minimum absolute atomic E-state index is 0.00921. The highest BCUT2D eigenvalue weighted by atomic mass is 16.5. The van der Waals surface area contributed by atoms with Gasteiger partial charge in [-0.3, -0.25) is 4.90 Å². The number of aliphatic hydroxyl groups excluding tert-OH is 1. The quantitative estimate of drug-likeness (QED) is 0.672. The van der Waals surface area contributed by atoms with Crippen LogP contribution in [0.3, 0.4) is 0 Å². The normalized spacial score (nSPS) is 20.4. The Morgan fingerprint density at radius 1 is 1.53 bits per heavy atom. The van der Waals surface area contributed by atoms with Crippen LogP contribution in [-0.4, -0.2) is 53.5 Å². The smallest absolute Gasteiger partial charge is 0.338 e. The van der Waals surface area contributed by atoms with Gasteiger partial charge >= 0.3 is 5.97 Å². The first kappa shape index (κ1) is 13.8. The highest BCUT2D eigenvalue weighted by molar-refractivity contribution is 5.95. The predicted octanol–water partition coefficient (Wildman–Crippen LogP) is 0.160. The standard InChI is InChI=1S/C13H18N2O4/c14-11-3-1-2-9(12(11)13(17)18)6-15-4-5-19-8-10(15)7-16/h1-3,10,16H,4-8,14H2,(H,17,18). The van der Waals surface area contributed by atoms with Gasteiger partial charge in [-0.2, -0.15) is 0 Å². The van der Waals surface area contributed by atoms with Gasteiger partial charge in [0.15, 0.2) is 0 Å². The number of aliphatic hydroxyl groups is 1. The second-order valence-corrected chi connectivity index (χ2v) is 4.57. The van der Waals surface area contributed by atoms with Gasteiger partial charge in [-0.15, -0.1) is 0 Å². The first-order chi connectivity index (χ1) is 9.13. The van der Waals surface area contributed by atoms with Crippen LogP contribution in [0.4, 0.5) is 5.69 Å². The van der Waals surface area contributed by atoms with Crippen molar-refractivity contribution in [2.45, 2.75) is 12.6 Å². The van der Waals surface area contributed by atoms with Gasteiger partial charge in [-0.1, -0.05) is 12.1 Å². The van der Waals surface area contributed by atoms with E-state index in [0.717, 1.165) is 0 Å². The molecule has 2 rings (SSSR count). The van der Waals surface area contributed by atoms with Crippen molar-refractivity contribution < 1.29 is 19.7 Å². The van der Waals surface area contributed by atoms with Crippen LogP contribution in [0.1, 0.15) is 15.9 Å². The third kappa shape index (κ3) is 3.04. The third-order valence-corrected chi connectivity index (χ3v) is 3.33. The highest BCUT2D eigenvalue weighted by Crippen LogP contribution is 2.20. The number of hydrogen-bond acceptors (Lipinski definition) is 5. The summed E-state index contributed by atoms with van der Waals surface area (Å²) in [5.41, 5.74) is 6.79. The second kappa shape index (κ2) is 6.01. The topological polar surface area (TPSA) is 96.0 Å². The van der Waals surface area contributed by atoms with Crippen molar-refractivity contribution in [2.24, 2.45) is 0 Å². The Bertz CT molecular complexity index is 464. The number of aromatic carboxylic acids is 1. The van der Waals surface area contributed by atoms with E-state index in [4.69, 9.17) is 10.5 Å². The molecule has 1 heterocycles. The van der Waals surface area contributed by atoms with E-state index < -0.39 is 5.97 Å². The van der Waals surface area contributed by atoms with Crippen LogP contribution < -0.4 is 5.73 Å². The largest absolute Gasteiger partial charge is 0.478 e. The Balaban J connectivity index is 2.22.